The van der Waals surface area contributed by atoms with Gasteiger partial charge in [0.05, 0.1) is 24.0 Å². The highest BCUT2D eigenvalue weighted by Crippen LogP contribution is 2.39. The Hall–Kier alpha value is -3.27. The Morgan fingerprint density at radius 3 is 2.45 bits per heavy atom. The summed E-state index contributed by atoms with van der Waals surface area (Å²) in [5.41, 5.74) is 7.64. The molecule has 0 aliphatic carbocycles. The molecule has 2 aliphatic rings. The topological polar surface area (TPSA) is 95.1 Å². The van der Waals surface area contributed by atoms with Crippen LogP contribution in [0.15, 0.2) is 53.5 Å². The van der Waals surface area contributed by atoms with Crippen molar-refractivity contribution in [1.82, 2.24) is 14.8 Å². The van der Waals surface area contributed by atoms with Gasteiger partial charge in [0.1, 0.15) is 24.4 Å². The van der Waals surface area contributed by atoms with Gasteiger partial charge in [0.15, 0.2) is 12.0 Å². The van der Waals surface area contributed by atoms with Gasteiger partial charge in [0.2, 0.25) is 0 Å². The van der Waals surface area contributed by atoms with Crippen LogP contribution in [0.25, 0.3) is 11.3 Å². The largest absolute Gasteiger partial charge is 0.388 e. The number of hydrogen-bond donors (Lipinski definition) is 3. The third-order valence-corrected chi connectivity index (χ3v) is 6.10. The lowest BCUT2D eigenvalue weighted by molar-refractivity contribution is -0.0384. The quantitative estimate of drug-likeness (QED) is 0.551. The van der Waals surface area contributed by atoms with Gasteiger partial charge < -0.3 is 14.9 Å². The van der Waals surface area contributed by atoms with Gasteiger partial charge in [-0.2, -0.15) is 5.10 Å². The highest BCUT2D eigenvalue weighted by atomic mass is 19.1. The van der Waals surface area contributed by atoms with Crippen LogP contribution in [0.2, 0.25) is 0 Å². The summed E-state index contributed by atoms with van der Waals surface area (Å²) in [5.74, 6) is 0.257. The van der Waals surface area contributed by atoms with Crippen LogP contribution in [0.1, 0.15) is 31.2 Å². The minimum Gasteiger partial charge on any atom is -0.388 e. The lowest BCUT2D eigenvalue weighted by atomic mass is 10.0. The SMILES string of the molecule is CCc1ccc(-c2nn([C@@H]3O[C@H](C)[C@@H](O)[C@H]3O)c3c2CN(Nc2ccc(F)cc2)C=N3)cc1. The molecule has 4 atom stereocenters. The van der Waals surface area contributed by atoms with Crippen molar-refractivity contribution in [3.8, 4) is 11.3 Å². The lowest BCUT2D eigenvalue weighted by Gasteiger charge is -2.25. The number of aryl methyl sites for hydroxylation is 1. The van der Waals surface area contributed by atoms with E-state index in [1.54, 1.807) is 35.1 Å². The number of rotatable bonds is 5. The molecule has 8 nitrogen and oxygen atoms in total. The van der Waals surface area contributed by atoms with Crippen LogP contribution in [-0.4, -0.2) is 49.7 Å². The van der Waals surface area contributed by atoms with E-state index in [0.717, 1.165) is 28.9 Å². The third-order valence-electron chi connectivity index (χ3n) is 6.10. The number of aromatic nitrogens is 2. The van der Waals surface area contributed by atoms with Gasteiger partial charge in [-0.1, -0.05) is 31.2 Å². The molecule has 2 aliphatic heterocycles. The van der Waals surface area contributed by atoms with E-state index >= 15 is 0 Å². The van der Waals surface area contributed by atoms with Crippen molar-refractivity contribution < 1.29 is 19.3 Å². The second kappa shape index (κ2) is 8.58. The summed E-state index contributed by atoms with van der Waals surface area (Å²) in [6, 6.07) is 14.2. The number of hydrogen-bond acceptors (Lipinski definition) is 7. The standard InChI is InChI=1S/C24H26FN5O3/c1-3-15-4-6-16(7-5-15)20-19-12-29(27-18-10-8-17(25)9-11-18)13-26-23(19)30(28-20)24-22(32)21(31)14(2)33-24/h4-11,13-14,21-22,24,27,31-32H,3,12H2,1-2H3/t14-,21-,22-,24-/m1/s1. The first kappa shape index (κ1) is 21.6. The molecule has 0 radical (unpaired) electrons. The van der Waals surface area contributed by atoms with Crippen molar-refractivity contribution in [1.29, 1.82) is 0 Å². The zero-order valence-electron chi connectivity index (χ0n) is 18.4. The van der Waals surface area contributed by atoms with Gasteiger partial charge in [-0.15, -0.1) is 0 Å². The van der Waals surface area contributed by atoms with Gasteiger partial charge in [0, 0.05) is 11.1 Å². The Labute approximate surface area is 190 Å². The van der Waals surface area contributed by atoms with Crippen molar-refractivity contribution in [2.45, 2.75) is 51.4 Å². The van der Waals surface area contributed by atoms with Crippen molar-refractivity contribution >= 4 is 17.8 Å². The zero-order chi connectivity index (χ0) is 23.1. The molecular formula is C24H26FN5O3. The molecule has 0 bridgehead atoms. The number of aliphatic imine (C=N–C) groups is 1. The van der Waals surface area contributed by atoms with E-state index in [9.17, 15) is 14.6 Å². The van der Waals surface area contributed by atoms with Gasteiger partial charge >= 0.3 is 0 Å². The van der Waals surface area contributed by atoms with Gasteiger partial charge in [-0.05, 0) is 43.2 Å². The van der Waals surface area contributed by atoms with E-state index in [0.29, 0.717) is 12.4 Å². The fourth-order valence-corrected chi connectivity index (χ4v) is 4.17. The molecule has 1 saturated heterocycles. The highest BCUT2D eigenvalue weighted by molar-refractivity contribution is 5.75. The number of aliphatic hydroxyl groups excluding tert-OH is 2. The Balaban J connectivity index is 1.52. The Morgan fingerprint density at radius 2 is 1.82 bits per heavy atom. The molecule has 2 aromatic carbocycles. The number of fused-ring (bicyclic) bond motifs is 1. The first-order valence-corrected chi connectivity index (χ1v) is 11.0. The van der Waals surface area contributed by atoms with Crippen molar-refractivity contribution in [3.05, 3.63) is 65.5 Å². The maximum atomic E-state index is 13.3. The molecule has 1 aromatic heterocycles. The maximum Gasteiger partial charge on any atom is 0.181 e. The molecule has 33 heavy (non-hydrogen) atoms. The minimum absolute atomic E-state index is 0.305. The van der Waals surface area contributed by atoms with Crippen LogP contribution < -0.4 is 5.43 Å². The zero-order valence-corrected chi connectivity index (χ0v) is 18.4. The summed E-state index contributed by atoms with van der Waals surface area (Å²) >= 11 is 0. The number of ether oxygens (including phenoxy) is 1. The second-order valence-electron chi connectivity index (χ2n) is 8.35. The molecule has 3 heterocycles. The predicted octanol–water partition coefficient (Wildman–Crippen LogP) is 3.39. The van der Waals surface area contributed by atoms with Crippen LogP contribution in [0.4, 0.5) is 15.9 Å². The van der Waals surface area contributed by atoms with Gasteiger partial charge in [-0.3, -0.25) is 10.4 Å². The molecule has 1 fully saturated rings. The highest BCUT2D eigenvalue weighted by Gasteiger charge is 2.43. The molecule has 0 saturated carbocycles. The molecule has 172 valence electrons. The van der Waals surface area contributed by atoms with Crippen LogP contribution in [0.3, 0.4) is 0 Å². The number of benzene rings is 2. The average Bonchev–Trinajstić information content (AvgIpc) is 3.33. The van der Waals surface area contributed by atoms with Gasteiger partial charge in [0.25, 0.3) is 0 Å². The predicted molar refractivity (Wildman–Crippen MR) is 122 cm³/mol. The Kier molecular flexibility index (Phi) is 5.61. The first-order chi connectivity index (χ1) is 15.9. The van der Waals surface area contributed by atoms with E-state index in [1.807, 2.05) is 12.1 Å². The molecule has 0 spiro atoms. The summed E-state index contributed by atoms with van der Waals surface area (Å²) in [4.78, 5) is 4.59. The van der Waals surface area contributed by atoms with Crippen LogP contribution in [-0.2, 0) is 17.7 Å². The fourth-order valence-electron chi connectivity index (χ4n) is 4.17. The van der Waals surface area contributed by atoms with E-state index in [4.69, 9.17) is 9.84 Å². The number of hydrazine groups is 1. The number of anilines is 1. The summed E-state index contributed by atoms with van der Waals surface area (Å²) in [6.45, 7) is 4.25. The summed E-state index contributed by atoms with van der Waals surface area (Å²) < 4.78 is 20.6. The fraction of sp³-hybridized carbons (Fsp3) is 0.333. The van der Waals surface area contributed by atoms with Crippen LogP contribution in [0.5, 0.6) is 0 Å². The van der Waals surface area contributed by atoms with Crippen LogP contribution >= 0.6 is 0 Å². The first-order valence-electron chi connectivity index (χ1n) is 11.0. The minimum atomic E-state index is -1.12. The van der Waals surface area contributed by atoms with E-state index < -0.39 is 24.5 Å². The Morgan fingerprint density at radius 1 is 1.09 bits per heavy atom. The van der Waals surface area contributed by atoms with E-state index in [1.165, 1.54) is 17.7 Å². The van der Waals surface area contributed by atoms with E-state index in [2.05, 4.69) is 29.5 Å². The van der Waals surface area contributed by atoms with Crippen LogP contribution in [0, 0.1) is 5.82 Å². The molecule has 3 aromatic rings. The van der Waals surface area contributed by atoms with Crippen molar-refractivity contribution in [2.75, 3.05) is 5.43 Å². The monoisotopic (exact) mass is 451 g/mol. The maximum absolute atomic E-state index is 13.3. The number of nitrogens with zero attached hydrogens (tertiary/aromatic N) is 4. The average molecular weight is 452 g/mol. The van der Waals surface area contributed by atoms with Crippen molar-refractivity contribution in [2.24, 2.45) is 4.99 Å². The summed E-state index contributed by atoms with van der Waals surface area (Å²) in [6.07, 6.45) is -0.946. The lowest BCUT2D eigenvalue weighted by Crippen LogP contribution is -2.32. The molecule has 5 rings (SSSR count). The molecule has 9 heteroatoms. The van der Waals surface area contributed by atoms with E-state index in [-0.39, 0.29) is 5.82 Å². The second-order valence-corrected chi connectivity index (χ2v) is 8.35. The number of halogens is 1. The third kappa shape index (κ3) is 3.99. The molecule has 0 amide bonds. The summed E-state index contributed by atoms with van der Waals surface area (Å²) in [7, 11) is 0. The number of aliphatic hydroxyl groups is 2. The normalized spacial score (nSPS) is 24.2. The Bertz CT molecular complexity index is 1160. The molecular weight excluding hydrogens is 425 g/mol. The molecule has 3 N–H and O–H groups in total. The number of nitrogens with one attached hydrogen (secondary N) is 1. The van der Waals surface area contributed by atoms with Gasteiger partial charge in [-0.25, -0.2) is 14.1 Å². The smallest absolute Gasteiger partial charge is 0.181 e. The van der Waals surface area contributed by atoms with Crippen molar-refractivity contribution in [3.63, 3.8) is 0 Å². The molecule has 0 unspecified atom stereocenters. The summed E-state index contributed by atoms with van der Waals surface area (Å²) in [5, 5.41) is 27.3.